The van der Waals surface area contributed by atoms with Crippen LogP contribution in [0.2, 0.25) is 0 Å². The highest BCUT2D eigenvalue weighted by Crippen LogP contribution is 2.10. The van der Waals surface area contributed by atoms with E-state index in [1.165, 1.54) is 38.2 Å². The van der Waals surface area contributed by atoms with E-state index >= 15 is 0 Å². The highest BCUT2D eigenvalue weighted by atomic mass is 16.5. The molecule has 2 N–H and O–H groups in total. The van der Waals surface area contributed by atoms with Crippen LogP contribution in [-0.4, -0.2) is 76.2 Å². The van der Waals surface area contributed by atoms with Crippen molar-refractivity contribution < 1.29 is 4.74 Å². The van der Waals surface area contributed by atoms with Crippen LogP contribution in [0.1, 0.15) is 18.4 Å². The van der Waals surface area contributed by atoms with E-state index in [9.17, 15) is 0 Å². The maximum atomic E-state index is 5.18. The molecule has 0 amide bonds. The fraction of sp³-hybridized carbons (Fsp3) is 0.632. The molecule has 6 nitrogen and oxygen atoms in total. The molecule has 0 aliphatic carbocycles. The Bertz CT molecular complexity index is 517. The molecule has 1 fully saturated rings. The van der Waals surface area contributed by atoms with Gasteiger partial charge in [0, 0.05) is 33.2 Å². The Hall–Kier alpha value is -1.79. The molecular weight excluding hydrogens is 314 g/mol. The molecule has 0 unspecified atom stereocenters. The number of hydrogen-bond acceptors (Lipinski definition) is 4. The third-order valence-electron chi connectivity index (χ3n) is 4.60. The summed E-state index contributed by atoms with van der Waals surface area (Å²) in [5.74, 6) is 1.73. The van der Waals surface area contributed by atoms with Crippen molar-refractivity contribution in [3.05, 3.63) is 29.8 Å². The number of rotatable bonds is 7. The van der Waals surface area contributed by atoms with E-state index in [2.05, 4.69) is 44.6 Å². The molecule has 2 rings (SSSR count). The summed E-state index contributed by atoms with van der Waals surface area (Å²) in [5.41, 5.74) is 1.21. The molecule has 1 heterocycles. The lowest BCUT2D eigenvalue weighted by molar-refractivity contribution is 0.274. The summed E-state index contributed by atoms with van der Waals surface area (Å²) in [4.78, 5) is 9.28. The Morgan fingerprint density at radius 3 is 2.64 bits per heavy atom. The molecule has 140 valence electrons. The molecule has 6 heteroatoms. The van der Waals surface area contributed by atoms with Crippen LogP contribution in [0.25, 0.3) is 0 Å². The molecule has 1 aromatic rings. The lowest BCUT2D eigenvalue weighted by Gasteiger charge is -2.20. The largest absolute Gasteiger partial charge is 0.497 e. The zero-order chi connectivity index (χ0) is 17.9. The van der Waals surface area contributed by atoms with Crippen molar-refractivity contribution in [3.8, 4) is 5.75 Å². The quantitative estimate of drug-likeness (QED) is 0.443. The van der Waals surface area contributed by atoms with Gasteiger partial charge in [-0.15, -0.1) is 0 Å². The number of hydrogen-bond donors (Lipinski definition) is 2. The third-order valence-corrected chi connectivity index (χ3v) is 4.60. The first kappa shape index (κ1) is 19.5. The standard InChI is InChI=1S/C19H33N5O/c1-20-19(22-16-17-6-8-18(25-3)9-7-17)21-10-4-12-24-13-5-11-23(2)14-15-24/h6-9H,4-5,10-16H2,1-3H3,(H2,20,21,22). The second-order valence-electron chi connectivity index (χ2n) is 6.55. The van der Waals surface area contributed by atoms with Crippen molar-refractivity contribution in [1.82, 2.24) is 20.4 Å². The van der Waals surface area contributed by atoms with E-state index in [0.29, 0.717) is 0 Å². The summed E-state index contributed by atoms with van der Waals surface area (Å²) in [5, 5.41) is 6.76. The number of aliphatic imine (C=N–C) groups is 1. The van der Waals surface area contributed by atoms with Gasteiger partial charge in [0.25, 0.3) is 0 Å². The number of nitrogens with zero attached hydrogens (tertiary/aromatic N) is 3. The Balaban J connectivity index is 1.62. The van der Waals surface area contributed by atoms with Crippen LogP contribution in [0.3, 0.4) is 0 Å². The lowest BCUT2D eigenvalue weighted by Crippen LogP contribution is -2.38. The zero-order valence-corrected chi connectivity index (χ0v) is 15.9. The molecule has 1 aliphatic rings. The van der Waals surface area contributed by atoms with Gasteiger partial charge in [0.2, 0.25) is 0 Å². The van der Waals surface area contributed by atoms with Gasteiger partial charge >= 0.3 is 0 Å². The molecular formula is C19H33N5O. The molecule has 0 radical (unpaired) electrons. The van der Waals surface area contributed by atoms with E-state index in [4.69, 9.17) is 4.74 Å². The van der Waals surface area contributed by atoms with Crippen molar-refractivity contribution in [1.29, 1.82) is 0 Å². The van der Waals surface area contributed by atoms with Gasteiger partial charge in [0.1, 0.15) is 5.75 Å². The SMILES string of the molecule is CN=C(NCCCN1CCCN(C)CC1)NCc1ccc(OC)cc1. The van der Waals surface area contributed by atoms with Crippen molar-refractivity contribution in [2.24, 2.45) is 4.99 Å². The van der Waals surface area contributed by atoms with E-state index in [1.54, 1.807) is 7.11 Å². The van der Waals surface area contributed by atoms with Gasteiger partial charge in [-0.3, -0.25) is 4.99 Å². The van der Waals surface area contributed by atoms with E-state index in [-0.39, 0.29) is 0 Å². The molecule has 1 saturated heterocycles. The van der Waals surface area contributed by atoms with Gasteiger partial charge in [-0.05, 0) is 57.2 Å². The van der Waals surface area contributed by atoms with Gasteiger partial charge < -0.3 is 25.2 Å². The molecule has 0 bridgehead atoms. The first-order valence-electron chi connectivity index (χ1n) is 9.19. The first-order chi connectivity index (χ1) is 12.2. The van der Waals surface area contributed by atoms with Crippen LogP contribution in [0.5, 0.6) is 5.75 Å². The van der Waals surface area contributed by atoms with E-state index < -0.39 is 0 Å². The first-order valence-corrected chi connectivity index (χ1v) is 9.19. The average Bonchev–Trinajstić information content (AvgIpc) is 2.86. The zero-order valence-electron chi connectivity index (χ0n) is 15.9. The van der Waals surface area contributed by atoms with Gasteiger partial charge in [-0.2, -0.15) is 0 Å². The van der Waals surface area contributed by atoms with Crippen LogP contribution in [0, 0.1) is 0 Å². The number of ether oxygens (including phenoxy) is 1. The van der Waals surface area contributed by atoms with Crippen molar-refractivity contribution >= 4 is 5.96 Å². The number of guanidine groups is 1. The summed E-state index contributed by atoms with van der Waals surface area (Å²) >= 11 is 0. The predicted molar refractivity (Wildman–Crippen MR) is 104 cm³/mol. The minimum Gasteiger partial charge on any atom is -0.497 e. The average molecular weight is 348 g/mol. The second-order valence-corrected chi connectivity index (χ2v) is 6.55. The van der Waals surface area contributed by atoms with Crippen molar-refractivity contribution in [2.45, 2.75) is 19.4 Å². The van der Waals surface area contributed by atoms with Gasteiger partial charge in [-0.25, -0.2) is 0 Å². The predicted octanol–water partition coefficient (Wildman–Crippen LogP) is 1.39. The summed E-state index contributed by atoms with van der Waals surface area (Å²) in [7, 11) is 5.71. The second kappa shape index (κ2) is 10.9. The topological polar surface area (TPSA) is 52.1 Å². The molecule has 1 aliphatic heterocycles. The van der Waals surface area contributed by atoms with Gasteiger partial charge in [0.15, 0.2) is 5.96 Å². The van der Waals surface area contributed by atoms with Crippen LogP contribution >= 0.6 is 0 Å². The van der Waals surface area contributed by atoms with Crippen LogP contribution in [0.15, 0.2) is 29.3 Å². The molecule has 25 heavy (non-hydrogen) atoms. The maximum Gasteiger partial charge on any atom is 0.191 e. The minimum atomic E-state index is 0.752. The molecule has 1 aromatic carbocycles. The van der Waals surface area contributed by atoms with Crippen LogP contribution in [0.4, 0.5) is 0 Å². The summed E-state index contributed by atoms with van der Waals surface area (Å²) in [6, 6.07) is 8.09. The smallest absolute Gasteiger partial charge is 0.191 e. The fourth-order valence-corrected chi connectivity index (χ4v) is 2.98. The monoisotopic (exact) mass is 347 g/mol. The number of likely N-dealkylation sites (N-methyl/N-ethyl adjacent to an activating group) is 1. The van der Waals surface area contributed by atoms with Crippen molar-refractivity contribution in [3.63, 3.8) is 0 Å². The molecule has 0 spiro atoms. The minimum absolute atomic E-state index is 0.752. The number of benzene rings is 1. The highest BCUT2D eigenvalue weighted by molar-refractivity contribution is 5.79. The fourth-order valence-electron chi connectivity index (χ4n) is 2.98. The Morgan fingerprint density at radius 2 is 1.92 bits per heavy atom. The summed E-state index contributed by atoms with van der Waals surface area (Å²) < 4.78 is 5.18. The van der Waals surface area contributed by atoms with E-state index in [1.807, 2.05) is 19.2 Å². The Morgan fingerprint density at radius 1 is 1.12 bits per heavy atom. The highest BCUT2D eigenvalue weighted by Gasteiger charge is 2.11. The van der Waals surface area contributed by atoms with E-state index in [0.717, 1.165) is 37.8 Å². The maximum absolute atomic E-state index is 5.18. The van der Waals surface area contributed by atoms with Crippen LogP contribution < -0.4 is 15.4 Å². The summed E-state index contributed by atoms with van der Waals surface area (Å²) in [6.45, 7) is 7.64. The van der Waals surface area contributed by atoms with Gasteiger partial charge in [0.05, 0.1) is 7.11 Å². The normalized spacial score (nSPS) is 17.2. The number of methoxy groups -OCH3 is 1. The summed E-state index contributed by atoms with van der Waals surface area (Å²) in [6.07, 6.45) is 2.40. The third kappa shape index (κ3) is 7.32. The van der Waals surface area contributed by atoms with Crippen LogP contribution in [-0.2, 0) is 6.54 Å². The van der Waals surface area contributed by atoms with Gasteiger partial charge in [-0.1, -0.05) is 12.1 Å². The lowest BCUT2D eigenvalue weighted by atomic mass is 10.2. The molecule has 0 atom stereocenters. The number of nitrogens with one attached hydrogen (secondary N) is 2. The Labute approximate surface area is 152 Å². The molecule has 0 saturated carbocycles. The Kier molecular flexibility index (Phi) is 8.55. The van der Waals surface area contributed by atoms with Crippen molar-refractivity contribution in [2.75, 3.05) is 60.5 Å². The molecule has 0 aromatic heterocycles.